The summed E-state index contributed by atoms with van der Waals surface area (Å²) in [6.45, 7) is 0.723. The number of aromatic amines is 1. The predicted molar refractivity (Wildman–Crippen MR) is 65.0 cm³/mol. The Hall–Kier alpha value is -2.71. The van der Waals surface area contributed by atoms with Crippen molar-refractivity contribution in [3.05, 3.63) is 24.2 Å². The second-order valence-corrected chi connectivity index (χ2v) is 4.48. The van der Waals surface area contributed by atoms with Gasteiger partial charge < -0.3 is 9.32 Å². The minimum absolute atomic E-state index is 0.0744. The van der Waals surface area contributed by atoms with Crippen LogP contribution < -0.4 is 5.32 Å². The molecule has 3 heterocycles. The molecular weight excluding hydrogens is 264 g/mol. The first kappa shape index (κ1) is 12.3. The molecule has 0 spiro atoms. The van der Waals surface area contributed by atoms with Crippen LogP contribution in [0, 0.1) is 5.92 Å². The van der Waals surface area contributed by atoms with Crippen LogP contribution in [0.5, 0.6) is 0 Å². The van der Waals surface area contributed by atoms with Crippen molar-refractivity contribution in [1.82, 2.24) is 25.5 Å². The molecule has 9 nitrogen and oxygen atoms in total. The van der Waals surface area contributed by atoms with Gasteiger partial charge in [0, 0.05) is 13.0 Å². The number of furan rings is 1. The van der Waals surface area contributed by atoms with Gasteiger partial charge in [-0.25, -0.2) is 0 Å². The summed E-state index contributed by atoms with van der Waals surface area (Å²) in [5, 5.41) is 15.4. The zero-order valence-electron chi connectivity index (χ0n) is 10.4. The van der Waals surface area contributed by atoms with E-state index in [1.54, 1.807) is 23.3 Å². The van der Waals surface area contributed by atoms with Crippen LogP contribution >= 0.6 is 0 Å². The Labute approximate surface area is 113 Å². The largest absolute Gasteiger partial charge is 0.467 e. The van der Waals surface area contributed by atoms with Gasteiger partial charge in [-0.1, -0.05) is 5.10 Å². The summed E-state index contributed by atoms with van der Waals surface area (Å²) in [6.07, 6.45) is 1.72. The van der Waals surface area contributed by atoms with E-state index in [1.165, 1.54) is 0 Å². The van der Waals surface area contributed by atoms with Gasteiger partial charge in [-0.05, 0) is 17.3 Å². The number of rotatable bonds is 4. The monoisotopic (exact) mass is 276 g/mol. The van der Waals surface area contributed by atoms with Crippen LogP contribution in [0.1, 0.15) is 12.2 Å². The number of anilines is 1. The number of H-pyrrole nitrogens is 1. The summed E-state index contributed by atoms with van der Waals surface area (Å²) < 4.78 is 5.20. The molecule has 1 unspecified atom stereocenters. The van der Waals surface area contributed by atoms with Gasteiger partial charge in [-0.3, -0.25) is 14.9 Å². The predicted octanol–water partition coefficient (Wildman–Crippen LogP) is -0.220. The molecular formula is C11H12N6O3. The lowest BCUT2D eigenvalue weighted by Crippen LogP contribution is -2.28. The lowest BCUT2D eigenvalue weighted by molar-refractivity contribution is -0.128. The number of hydrogen-bond donors (Lipinski definition) is 2. The second kappa shape index (κ2) is 5.11. The van der Waals surface area contributed by atoms with Crippen LogP contribution in [-0.2, 0) is 16.1 Å². The third-order valence-corrected chi connectivity index (χ3v) is 3.09. The molecule has 2 aromatic rings. The Balaban J connectivity index is 1.60. The van der Waals surface area contributed by atoms with Gasteiger partial charge in [0.1, 0.15) is 5.76 Å². The van der Waals surface area contributed by atoms with Crippen molar-refractivity contribution in [3.63, 3.8) is 0 Å². The smallest absolute Gasteiger partial charge is 0.269 e. The van der Waals surface area contributed by atoms with Crippen LogP contribution in [0.4, 0.5) is 5.95 Å². The zero-order valence-corrected chi connectivity index (χ0v) is 10.4. The van der Waals surface area contributed by atoms with Crippen molar-refractivity contribution < 1.29 is 14.0 Å². The Kier molecular flexibility index (Phi) is 3.15. The van der Waals surface area contributed by atoms with Gasteiger partial charge in [-0.15, -0.1) is 5.10 Å². The molecule has 2 N–H and O–H groups in total. The number of nitrogens with zero attached hydrogens (tertiary/aromatic N) is 4. The molecule has 20 heavy (non-hydrogen) atoms. The van der Waals surface area contributed by atoms with E-state index in [1.807, 2.05) is 0 Å². The molecule has 2 amide bonds. The van der Waals surface area contributed by atoms with Crippen LogP contribution in [0.3, 0.4) is 0 Å². The van der Waals surface area contributed by atoms with E-state index >= 15 is 0 Å². The SMILES string of the molecule is O=C(Nc1nn[nH]n1)C1CC(=O)N(Cc2ccco2)C1. The maximum Gasteiger partial charge on any atom is 0.269 e. The highest BCUT2D eigenvalue weighted by Crippen LogP contribution is 2.21. The molecule has 2 aromatic heterocycles. The molecule has 1 aliphatic heterocycles. The first-order valence-electron chi connectivity index (χ1n) is 6.07. The fourth-order valence-electron chi connectivity index (χ4n) is 2.12. The number of carbonyl (C=O) groups is 2. The molecule has 1 atom stereocenters. The normalized spacial score (nSPS) is 18.5. The standard InChI is InChI=1S/C11H12N6O3/c18-9-4-7(10(19)12-11-13-15-16-14-11)5-17(9)6-8-2-1-3-20-8/h1-3,7H,4-6H2,(H2,12,13,14,15,16,19). The summed E-state index contributed by atoms with van der Waals surface area (Å²) in [6, 6.07) is 3.55. The van der Waals surface area contributed by atoms with E-state index < -0.39 is 5.92 Å². The summed E-state index contributed by atoms with van der Waals surface area (Å²) in [7, 11) is 0. The van der Waals surface area contributed by atoms with Gasteiger partial charge in [0.05, 0.1) is 18.7 Å². The summed E-state index contributed by atoms with van der Waals surface area (Å²) in [5.74, 6) is 0.0110. The van der Waals surface area contributed by atoms with Gasteiger partial charge in [-0.2, -0.15) is 5.21 Å². The number of carbonyl (C=O) groups excluding carboxylic acids is 2. The number of nitrogens with one attached hydrogen (secondary N) is 2. The highest BCUT2D eigenvalue weighted by molar-refractivity contribution is 5.96. The van der Waals surface area contributed by atoms with Gasteiger partial charge in [0.15, 0.2) is 0 Å². The molecule has 9 heteroatoms. The van der Waals surface area contributed by atoms with Gasteiger partial charge >= 0.3 is 0 Å². The lowest BCUT2D eigenvalue weighted by Gasteiger charge is -2.14. The molecule has 0 radical (unpaired) electrons. The first-order valence-corrected chi connectivity index (χ1v) is 6.07. The van der Waals surface area contributed by atoms with Crippen molar-refractivity contribution in [2.24, 2.45) is 5.92 Å². The number of tetrazole rings is 1. The highest BCUT2D eigenvalue weighted by Gasteiger charge is 2.35. The molecule has 0 bridgehead atoms. The minimum Gasteiger partial charge on any atom is -0.467 e. The van der Waals surface area contributed by atoms with Crippen LogP contribution in [-0.4, -0.2) is 43.9 Å². The highest BCUT2D eigenvalue weighted by atomic mass is 16.3. The fourth-order valence-corrected chi connectivity index (χ4v) is 2.12. The Bertz CT molecular complexity index is 594. The number of hydrogen-bond acceptors (Lipinski definition) is 6. The van der Waals surface area contributed by atoms with Crippen LogP contribution in [0.2, 0.25) is 0 Å². The quantitative estimate of drug-likeness (QED) is 0.797. The van der Waals surface area contributed by atoms with Gasteiger partial charge in [0.2, 0.25) is 11.8 Å². The summed E-state index contributed by atoms with van der Waals surface area (Å²) in [4.78, 5) is 25.4. The van der Waals surface area contributed by atoms with Crippen molar-refractivity contribution in [3.8, 4) is 0 Å². The van der Waals surface area contributed by atoms with E-state index in [2.05, 4.69) is 25.9 Å². The van der Waals surface area contributed by atoms with E-state index in [9.17, 15) is 9.59 Å². The molecule has 1 fully saturated rings. The average molecular weight is 276 g/mol. The second-order valence-electron chi connectivity index (χ2n) is 4.48. The van der Waals surface area contributed by atoms with Gasteiger partial charge in [0.25, 0.3) is 5.95 Å². The lowest BCUT2D eigenvalue weighted by atomic mass is 10.1. The molecule has 104 valence electrons. The molecule has 0 aliphatic carbocycles. The topological polar surface area (TPSA) is 117 Å². The van der Waals surface area contributed by atoms with Crippen molar-refractivity contribution in [1.29, 1.82) is 0 Å². The average Bonchev–Trinajstić information content (AvgIpc) is 3.13. The number of likely N-dealkylation sites (tertiary alicyclic amines) is 1. The van der Waals surface area contributed by atoms with E-state index in [0.717, 1.165) is 0 Å². The van der Waals surface area contributed by atoms with Crippen LogP contribution in [0.15, 0.2) is 22.8 Å². The Morgan fingerprint density at radius 2 is 2.50 bits per heavy atom. The molecule has 0 saturated carbocycles. The van der Waals surface area contributed by atoms with Crippen LogP contribution in [0.25, 0.3) is 0 Å². The first-order chi connectivity index (χ1) is 9.72. The maximum absolute atomic E-state index is 12.0. The zero-order chi connectivity index (χ0) is 13.9. The van der Waals surface area contributed by atoms with Crippen molar-refractivity contribution in [2.75, 3.05) is 11.9 Å². The van der Waals surface area contributed by atoms with E-state index in [4.69, 9.17) is 4.42 Å². The third kappa shape index (κ3) is 2.51. The number of amides is 2. The maximum atomic E-state index is 12.0. The fraction of sp³-hybridized carbons (Fsp3) is 0.364. The van der Waals surface area contributed by atoms with E-state index in [-0.39, 0.29) is 24.2 Å². The minimum atomic E-state index is -0.420. The van der Waals surface area contributed by atoms with Crippen molar-refractivity contribution in [2.45, 2.75) is 13.0 Å². The summed E-state index contributed by atoms with van der Waals surface area (Å²) in [5.41, 5.74) is 0. The molecule has 1 aliphatic rings. The Morgan fingerprint density at radius 1 is 1.60 bits per heavy atom. The number of aromatic nitrogens is 4. The third-order valence-electron chi connectivity index (χ3n) is 3.09. The Morgan fingerprint density at radius 3 is 3.20 bits per heavy atom. The van der Waals surface area contributed by atoms with Crippen molar-refractivity contribution >= 4 is 17.8 Å². The molecule has 1 saturated heterocycles. The molecule has 3 rings (SSSR count). The molecule has 0 aromatic carbocycles. The summed E-state index contributed by atoms with van der Waals surface area (Å²) >= 11 is 0. The van der Waals surface area contributed by atoms with E-state index in [0.29, 0.717) is 18.8 Å².